The van der Waals surface area contributed by atoms with Crippen molar-refractivity contribution in [1.82, 2.24) is 9.97 Å². The van der Waals surface area contributed by atoms with Crippen molar-refractivity contribution in [3.8, 4) is 5.75 Å². The van der Waals surface area contributed by atoms with Crippen LogP contribution in [0.2, 0.25) is 0 Å². The lowest BCUT2D eigenvalue weighted by Gasteiger charge is -2.17. The summed E-state index contributed by atoms with van der Waals surface area (Å²) in [6, 6.07) is 7.26. The summed E-state index contributed by atoms with van der Waals surface area (Å²) < 4.78 is 10.6. The second-order valence-electron chi connectivity index (χ2n) is 7.64. The summed E-state index contributed by atoms with van der Waals surface area (Å²) in [7, 11) is 1.60. The van der Waals surface area contributed by atoms with E-state index in [9.17, 15) is 9.59 Å². The smallest absolute Gasteiger partial charge is 0.310 e. The van der Waals surface area contributed by atoms with E-state index in [1.54, 1.807) is 37.5 Å². The molecule has 0 saturated heterocycles. The zero-order valence-corrected chi connectivity index (χ0v) is 17.6. The first-order valence-electron chi connectivity index (χ1n) is 9.81. The van der Waals surface area contributed by atoms with E-state index in [2.05, 4.69) is 16.9 Å². The Labute approximate surface area is 172 Å². The van der Waals surface area contributed by atoms with Crippen molar-refractivity contribution in [3.63, 3.8) is 0 Å². The number of benzene rings is 1. The second-order valence-corrected chi connectivity index (χ2v) is 8.72. The number of H-pyrrole nitrogens is 1. The average Bonchev–Trinajstić information content (AvgIpc) is 3.06. The average molecular weight is 413 g/mol. The van der Waals surface area contributed by atoms with Gasteiger partial charge >= 0.3 is 5.97 Å². The Morgan fingerprint density at radius 1 is 1.34 bits per heavy atom. The SMILES string of the molecule is COc1ccc(CC(=O)O[C@H](C)c2nc3sc4c(c3c(=O)[nH]2)CC[C@H](C)C4)cc1. The van der Waals surface area contributed by atoms with Gasteiger partial charge in [-0.1, -0.05) is 19.1 Å². The lowest BCUT2D eigenvalue weighted by molar-refractivity contribution is -0.148. The van der Waals surface area contributed by atoms with Crippen molar-refractivity contribution in [2.75, 3.05) is 7.11 Å². The normalized spacial score (nSPS) is 17.0. The molecular weight excluding hydrogens is 388 g/mol. The van der Waals surface area contributed by atoms with Gasteiger partial charge in [0.2, 0.25) is 0 Å². The molecule has 0 bridgehead atoms. The fourth-order valence-corrected chi connectivity index (χ4v) is 5.15. The predicted molar refractivity (Wildman–Crippen MR) is 113 cm³/mol. The molecule has 3 aromatic rings. The number of fused-ring (bicyclic) bond motifs is 3. The molecule has 152 valence electrons. The molecule has 4 rings (SSSR count). The first-order chi connectivity index (χ1) is 13.9. The molecule has 6 nitrogen and oxygen atoms in total. The zero-order valence-electron chi connectivity index (χ0n) is 16.8. The van der Waals surface area contributed by atoms with Crippen LogP contribution >= 0.6 is 11.3 Å². The number of rotatable bonds is 5. The molecule has 0 unspecified atom stereocenters. The fraction of sp³-hybridized carbons (Fsp3) is 0.409. The van der Waals surface area contributed by atoms with E-state index in [-0.39, 0.29) is 17.9 Å². The zero-order chi connectivity index (χ0) is 20.5. The highest BCUT2D eigenvalue weighted by molar-refractivity contribution is 7.18. The van der Waals surface area contributed by atoms with Crippen LogP contribution in [0.3, 0.4) is 0 Å². The van der Waals surface area contributed by atoms with E-state index >= 15 is 0 Å². The van der Waals surface area contributed by atoms with Crippen molar-refractivity contribution in [2.45, 2.75) is 45.6 Å². The highest BCUT2D eigenvalue weighted by Crippen LogP contribution is 2.36. The molecule has 1 aliphatic rings. The summed E-state index contributed by atoms with van der Waals surface area (Å²) in [5.74, 6) is 1.38. The summed E-state index contributed by atoms with van der Waals surface area (Å²) in [6.45, 7) is 3.96. The standard InChI is InChI=1S/C22H24N2O4S/c1-12-4-9-16-17(10-12)29-22-19(16)21(26)23-20(24-22)13(2)28-18(25)11-14-5-7-15(27-3)8-6-14/h5-8,12-13H,4,9-11H2,1-3H3,(H,23,24,26)/t12-,13+/m0/s1. The van der Waals surface area contributed by atoms with Gasteiger partial charge < -0.3 is 14.5 Å². The van der Waals surface area contributed by atoms with Crippen LogP contribution in [0.1, 0.15) is 48.2 Å². The Morgan fingerprint density at radius 3 is 2.83 bits per heavy atom. The number of nitrogens with zero attached hydrogens (tertiary/aromatic N) is 1. The minimum Gasteiger partial charge on any atom is -0.497 e. The van der Waals surface area contributed by atoms with Crippen LogP contribution in [-0.4, -0.2) is 23.0 Å². The Morgan fingerprint density at radius 2 is 2.10 bits per heavy atom. The van der Waals surface area contributed by atoms with Gasteiger partial charge in [-0.3, -0.25) is 9.59 Å². The lowest BCUT2D eigenvalue weighted by atomic mass is 9.89. The van der Waals surface area contributed by atoms with Crippen LogP contribution < -0.4 is 10.3 Å². The summed E-state index contributed by atoms with van der Waals surface area (Å²) in [4.78, 5) is 34.5. The minimum atomic E-state index is -0.629. The predicted octanol–water partition coefficient (Wildman–Crippen LogP) is 3.96. The Bertz CT molecular complexity index is 1100. The Hall–Kier alpha value is -2.67. The third kappa shape index (κ3) is 4.05. The lowest BCUT2D eigenvalue weighted by Crippen LogP contribution is -2.18. The number of carbonyl (C=O) groups excluding carboxylic acids is 1. The highest BCUT2D eigenvalue weighted by Gasteiger charge is 2.24. The molecule has 29 heavy (non-hydrogen) atoms. The molecule has 2 heterocycles. The van der Waals surface area contributed by atoms with E-state index in [1.165, 1.54) is 4.88 Å². The largest absolute Gasteiger partial charge is 0.497 e. The summed E-state index contributed by atoms with van der Waals surface area (Å²) in [6.07, 6.45) is 2.53. The molecule has 1 aromatic carbocycles. The number of thiophene rings is 1. The van der Waals surface area contributed by atoms with E-state index in [0.717, 1.165) is 41.0 Å². The van der Waals surface area contributed by atoms with E-state index in [4.69, 9.17) is 9.47 Å². The van der Waals surface area contributed by atoms with Gasteiger partial charge in [-0.25, -0.2) is 4.98 Å². The van der Waals surface area contributed by atoms with E-state index < -0.39 is 6.10 Å². The maximum atomic E-state index is 12.7. The maximum Gasteiger partial charge on any atom is 0.310 e. The molecule has 2 atom stereocenters. The van der Waals surface area contributed by atoms with Crippen LogP contribution in [0.15, 0.2) is 29.1 Å². The highest BCUT2D eigenvalue weighted by atomic mass is 32.1. The van der Waals surface area contributed by atoms with Gasteiger partial charge in [-0.15, -0.1) is 11.3 Å². The number of ether oxygens (including phenoxy) is 2. The number of aromatic amines is 1. The van der Waals surface area contributed by atoms with Crippen molar-refractivity contribution in [2.24, 2.45) is 5.92 Å². The first-order valence-corrected chi connectivity index (χ1v) is 10.6. The quantitative estimate of drug-likeness (QED) is 0.642. The van der Waals surface area contributed by atoms with Crippen LogP contribution in [0.4, 0.5) is 0 Å². The maximum absolute atomic E-state index is 12.7. The number of nitrogens with one attached hydrogen (secondary N) is 1. The van der Waals surface area contributed by atoms with Gasteiger partial charge in [0.1, 0.15) is 10.6 Å². The topological polar surface area (TPSA) is 81.3 Å². The van der Waals surface area contributed by atoms with Crippen LogP contribution in [-0.2, 0) is 28.8 Å². The second kappa shape index (κ2) is 7.99. The summed E-state index contributed by atoms with van der Waals surface area (Å²) in [5, 5.41) is 0.706. The van der Waals surface area contributed by atoms with Crippen molar-refractivity contribution < 1.29 is 14.3 Å². The summed E-state index contributed by atoms with van der Waals surface area (Å²) in [5.41, 5.74) is 1.84. The summed E-state index contributed by atoms with van der Waals surface area (Å²) >= 11 is 1.59. The van der Waals surface area contributed by atoms with Gasteiger partial charge in [0.15, 0.2) is 11.9 Å². The number of aromatic nitrogens is 2. The molecule has 0 spiro atoms. The van der Waals surface area contributed by atoms with Crippen molar-refractivity contribution >= 4 is 27.5 Å². The van der Waals surface area contributed by atoms with Crippen molar-refractivity contribution in [1.29, 1.82) is 0 Å². The van der Waals surface area contributed by atoms with Gasteiger partial charge in [-0.05, 0) is 55.4 Å². The molecule has 2 aromatic heterocycles. The monoisotopic (exact) mass is 412 g/mol. The first kappa shape index (κ1) is 19.6. The van der Waals surface area contributed by atoms with Gasteiger partial charge in [-0.2, -0.15) is 0 Å². The molecule has 0 saturated carbocycles. The molecular formula is C22H24N2O4S. The molecule has 0 amide bonds. The molecule has 0 radical (unpaired) electrons. The number of aryl methyl sites for hydroxylation is 1. The Balaban J connectivity index is 1.51. The van der Waals surface area contributed by atoms with Crippen molar-refractivity contribution in [3.05, 3.63) is 56.4 Å². The number of hydrogen-bond donors (Lipinski definition) is 1. The van der Waals surface area contributed by atoms with Gasteiger partial charge in [0.05, 0.1) is 18.9 Å². The number of methoxy groups -OCH3 is 1. The number of carbonyl (C=O) groups is 1. The molecule has 7 heteroatoms. The molecule has 1 aliphatic carbocycles. The Kier molecular flexibility index (Phi) is 5.41. The van der Waals surface area contributed by atoms with E-state index in [1.807, 2.05) is 12.1 Å². The van der Waals surface area contributed by atoms with Crippen LogP contribution in [0, 0.1) is 5.92 Å². The molecule has 0 fully saturated rings. The van der Waals surface area contributed by atoms with Crippen LogP contribution in [0.25, 0.3) is 10.2 Å². The van der Waals surface area contributed by atoms with Crippen LogP contribution in [0.5, 0.6) is 5.75 Å². The van der Waals surface area contributed by atoms with E-state index in [0.29, 0.717) is 17.1 Å². The van der Waals surface area contributed by atoms with Gasteiger partial charge in [0.25, 0.3) is 5.56 Å². The third-order valence-corrected chi connectivity index (χ3v) is 6.53. The fourth-order valence-electron chi connectivity index (χ4n) is 3.76. The minimum absolute atomic E-state index is 0.143. The molecule has 1 N–H and O–H groups in total. The third-order valence-electron chi connectivity index (χ3n) is 5.38. The number of esters is 1. The number of hydrogen-bond acceptors (Lipinski definition) is 6. The van der Waals surface area contributed by atoms with Gasteiger partial charge in [0, 0.05) is 4.88 Å². The molecule has 0 aliphatic heterocycles.